The zero-order chi connectivity index (χ0) is 31.9. The number of nitrogens with zero attached hydrogens (tertiary/aromatic N) is 1. The minimum absolute atomic E-state index is 0.0333. The Morgan fingerprint density at radius 1 is 0.930 bits per heavy atom. The molecule has 1 aromatic heterocycles. The molecule has 5 atom stereocenters. The van der Waals surface area contributed by atoms with Crippen LogP contribution in [0.5, 0.6) is 0 Å². The third kappa shape index (κ3) is 11.2. The molecule has 3 amide bonds. The van der Waals surface area contributed by atoms with Crippen molar-refractivity contribution in [2.45, 2.75) is 83.0 Å². The fourth-order valence-electron chi connectivity index (χ4n) is 4.58. The number of benzene rings is 1. The quantitative estimate of drug-likeness (QED) is 0.0586. The first-order valence-corrected chi connectivity index (χ1v) is 14.7. The molecule has 238 valence electrons. The van der Waals surface area contributed by atoms with E-state index >= 15 is 0 Å². The Bertz CT molecular complexity index is 1240. The van der Waals surface area contributed by atoms with Crippen LogP contribution in [0, 0.1) is 5.92 Å². The number of para-hydroxylation sites is 1. The molecule has 14 heteroatoms. The van der Waals surface area contributed by atoms with Crippen LogP contribution in [0.1, 0.15) is 57.9 Å². The lowest BCUT2D eigenvalue weighted by molar-refractivity contribution is -0.142. The van der Waals surface area contributed by atoms with Crippen LogP contribution in [-0.4, -0.2) is 77.0 Å². The van der Waals surface area contributed by atoms with Crippen LogP contribution in [0.15, 0.2) is 35.5 Å². The number of aliphatic imine (C=N–C) groups is 1. The largest absolute Gasteiger partial charge is 0.480 e. The number of unbranched alkanes of at least 4 members (excludes halogenated alkanes) is 1. The zero-order valence-electron chi connectivity index (χ0n) is 25.0. The second-order valence-electron chi connectivity index (χ2n) is 10.7. The molecule has 0 fully saturated rings. The Hall–Kier alpha value is -4.17. The van der Waals surface area contributed by atoms with E-state index in [2.05, 4.69) is 25.9 Å². The van der Waals surface area contributed by atoms with Gasteiger partial charge >= 0.3 is 5.97 Å². The molecule has 0 aliphatic rings. The van der Waals surface area contributed by atoms with Gasteiger partial charge in [0.2, 0.25) is 17.7 Å². The SMILES string of the molecule is CCC(C)C(N)C(=O)NC(CCCN=C(N)N)C(=O)NC(CCCCN)C(=O)NC(Cc1c[nH]c2ccccc12)C(=O)O. The number of aliphatic carboxylic acids is 1. The van der Waals surface area contributed by atoms with Gasteiger partial charge in [0.1, 0.15) is 18.1 Å². The normalized spacial score (nSPS) is 14.6. The number of guanidine groups is 1. The van der Waals surface area contributed by atoms with Crippen LogP contribution in [0.4, 0.5) is 0 Å². The molecule has 0 aliphatic heterocycles. The van der Waals surface area contributed by atoms with Crippen LogP contribution < -0.4 is 38.9 Å². The monoisotopic (exact) mass is 601 g/mol. The van der Waals surface area contributed by atoms with E-state index in [1.165, 1.54) is 0 Å². The van der Waals surface area contributed by atoms with Crippen molar-refractivity contribution in [2.75, 3.05) is 13.1 Å². The maximum Gasteiger partial charge on any atom is 0.326 e. The first-order chi connectivity index (χ1) is 20.5. The molecule has 13 N–H and O–H groups in total. The summed E-state index contributed by atoms with van der Waals surface area (Å²) in [5, 5.41) is 18.8. The number of carboxylic acids is 1. The van der Waals surface area contributed by atoms with E-state index in [-0.39, 0.29) is 37.7 Å². The summed E-state index contributed by atoms with van der Waals surface area (Å²) in [6.45, 7) is 4.36. The molecular weight excluding hydrogens is 554 g/mol. The molecular formula is C29H47N9O5. The van der Waals surface area contributed by atoms with Crippen LogP contribution >= 0.6 is 0 Å². The number of amides is 3. The first kappa shape index (κ1) is 35.0. The van der Waals surface area contributed by atoms with Crippen LogP contribution in [0.2, 0.25) is 0 Å². The highest BCUT2D eigenvalue weighted by molar-refractivity contribution is 5.94. The number of rotatable bonds is 19. The molecule has 14 nitrogen and oxygen atoms in total. The minimum Gasteiger partial charge on any atom is -0.480 e. The number of carboxylic acid groups (broad SMARTS) is 1. The number of carbonyl (C=O) groups is 4. The molecule has 43 heavy (non-hydrogen) atoms. The molecule has 1 aromatic carbocycles. The molecule has 0 saturated carbocycles. The third-order valence-corrected chi connectivity index (χ3v) is 7.43. The van der Waals surface area contributed by atoms with Crippen LogP contribution in [-0.2, 0) is 25.6 Å². The topological polar surface area (TPSA) is 257 Å². The van der Waals surface area contributed by atoms with E-state index in [1.54, 1.807) is 6.20 Å². The van der Waals surface area contributed by atoms with Crippen molar-refractivity contribution in [3.05, 3.63) is 36.0 Å². The van der Waals surface area contributed by atoms with Gasteiger partial charge < -0.3 is 49.0 Å². The Balaban J connectivity index is 2.21. The summed E-state index contributed by atoms with van der Waals surface area (Å²) < 4.78 is 0. The summed E-state index contributed by atoms with van der Waals surface area (Å²) in [5.74, 6) is -3.18. The summed E-state index contributed by atoms with van der Waals surface area (Å²) in [5.41, 5.74) is 24.1. The smallest absolute Gasteiger partial charge is 0.326 e. The second kappa shape index (κ2) is 17.7. The zero-order valence-corrected chi connectivity index (χ0v) is 25.0. The number of carbonyl (C=O) groups excluding carboxylic acids is 3. The average Bonchev–Trinajstić information content (AvgIpc) is 3.39. The third-order valence-electron chi connectivity index (χ3n) is 7.43. The summed E-state index contributed by atoms with van der Waals surface area (Å²) in [4.78, 5) is 58.9. The van der Waals surface area contributed by atoms with Gasteiger partial charge in [0.05, 0.1) is 6.04 Å². The molecule has 0 bridgehead atoms. The number of nitrogens with one attached hydrogen (secondary N) is 4. The van der Waals surface area contributed by atoms with Crippen molar-refractivity contribution in [1.29, 1.82) is 0 Å². The van der Waals surface area contributed by atoms with Crippen LogP contribution in [0.3, 0.4) is 0 Å². The lowest BCUT2D eigenvalue weighted by atomic mass is 9.98. The fourth-order valence-corrected chi connectivity index (χ4v) is 4.58. The Morgan fingerprint density at radius 2 is 1.53 bits per heavy atom. The van der Waals surface area contributed by atoms with Crippen molar-refractivity contribution in [3.8, 4) is 0 Å². The number of aromatic amines is 1. The van der Waals surface area contributed by atoms with Crippen molar-refractivity contribution >= 4 is 40.6 Å². The number of nitrogens with two attached hydrogens (primary N) is 4. The maximum absolute atomic E-state index is 13.5. The average molecular weight is 602 g/mol. The van der Waals surface area contributed by atoms with Gasteiger partial charge in [-0.15, -0.1) is 0 Å². The van der Waals surface area contributed by atoms with E-state index in [4.69, 9.17) is 22.9 Å². The molecule has 5 unspecified atom stereocenters. The molecule has 1 heterocycles. The summed E-state index contributed by atoms with van der Waals surface area (Å²) in [6.07, 6.45) is 4.28. The Kier molecular flexibility index (Phi) is 14.4. The Morgan fingerprint density at radius 3 is 2.14 bits per heavy atom. The van der Waals surface area contributed by atoms with Gasteiger partial charge in [-0.3, -0.25) is 19.4 Å². The van der Waals surface area contributed by atoms with Gasteiger partial charge in [0.25, 0.3) is 0 Å². The van der Waals surface area contributed by atoms with Gasteiger partial charge in [0.15, 0.2) is 5.96 Å². The maximum atomic E-state index is 13.5. The molecule has 2 aromatic rings. The highest BCUT2D eigenvalue weighted by atomic mass is 16.4. The van der Waals surface area contributed by atoms with Crippen molar-refractivity contribution < 1.29 is 24.3 Å². The highest BCUT2D eigenvalue weighted by Gasteiger charge is 2.31. The molecule has 0 spiro atoms. The number of fused-ring (bicyclic) bond motifs is 1. The highest BCUT2D eigenvalue weighted by Crippen LogP contribution is 2.19. The molecule has 0 radical (unpaired) electrons. The Labute approximate surface area is 251 Å². The predicted molar refractivity (Wildman–Crippen MR) is 166 cm³/mol. The van der Waals surface area contributed by atoms with E-state index in [9.17, 15) is 24.3 Å². The van der Waals surface area contributed by atoms with E-state index < -0.39 is 47.9 Å². The van der Waals surface area contributed by atoms with Crippen LogP contribution in [0.25, 0.3) is 10.9 Å². The van der Waals surface area contributed by atoms with Crippen molar-refractivity contribution in [1.82, 2.24) is 20.9 Å². The number of H-pyrrole nitrogens is 1. The number of hydrogen-bond donors (Lipinski definition) is 9. The predicted octanol–water partition coefficient (Wildman–Crippen LogP) is -0.195. The fraction of sp³-hybridized carbons (Fsp3) is 0.552. The summed E-state index contributed by atoms with van der Waals surface area (Å²) in [7, 11) is 0. The molecule has 2 rings (SSSR count). The van der Waals surface area contributed by atoms with Crippen molar-refractivity contribution in [2.24, 2.45) is 33.8 Å². The number of aromatic nitrogens is 1. The van der Waals surface area contributed by atoms with E-state index in [0.29, 0.717) is 32.2 Å². The standard InChI is InChI=1S/C29H47N9O5/c1-3-17(2)24(31)27(41)37-22(12-8-14-34-29(32)33)25(39)36-21(11-6-7-13-30)26(40)38-23(28(42)43)15-18-16-35-20-10-5-4-9-19(18)20/h4-5,9-10,16-17,21-24,35H,3,6-8,11-15,30-31H2,1-2H3,(H,36,39)(H,37,41)(H,38,40)(H,42,43)(H4,32,33,34). The summed E-state index contributed by atoms with van der Waals surface area (Å²) in [6, 6.07) is 3.28. The molecule has 0 saturated heterocycles. The van der Waals surface area contributed by atoms with Gasteiger partial charge in [-0.2, -0.15) is 0 Å². The lowest BCUT2D eigenvalue weighted by Gasteiger charge is -2.26. The lowest BCUT2D eigenvalue weighted by Crippen LogP contribution is -2.57. The van der Waals surface area contributed by atoms with E-state index in [0.717, 1.165) is 16.5 Å². The van der Waals surface area contributed by atoms with Crippen molar-refractivity contribution in [3.63, 3.8) is 0 Å². The second-order valence-corrected chi connectivity index (χ2v) is 10.7. The summed E-state index contributed by atoms with van der Waals surface area (Å²) >= 11 is 0. The number of hydrogen-bond acceptors (Lipinski definition) is 7. The van der Waals surface area contributed by atoms with Gasteiger partial charge in [-0.05, 0) is 56.2 Å². The van der Waals surface area contributed by atoms with E-state index in [1.807, 2.05) is 38.1 Å². The first-order valence-electron chi connectivity index (χ1n) is 14.7. The van der Waals surface area contributed by atoms with Gasteiger partial charge in [-0.1, -0.05) is 38.5 Å². The van der Waals surface area contributed by atoms with Gasteiger partial charge in [-0.25, -0.2) is 4.79 Å². The minimum atomic E-state index is -1.25. The van der Waals surface area contributed by atoms with Gasteiger partial charge in [0, 0.05) is 30.1 Å². The molecule has 0 aliphatic carbocycles.